The predicted octanol–water partition coefficient (Wildman–Crippen LogP) is 3.23. The average molecular weight is 184 g/mol. The monoisotopic (exact) mass is 184 g/mol. The van der Waals surface area contributed by atoms with Crippen molar-refractivity contribution < 1.29 is 9.90 Å². The Morgan fingerprint density at radius 2 is 1.77 bits per heavy atom. The van der Waals surface area contributed by atoms with Crippen molar-refractivity contribution in [1.82, 2.24) is 0 Å². The van der Waals surface area contributed by atoms with E-state index in [0.29, 0.717) is 0 Å². The standard InChI is InChI=1S/C11H20O2/c1-4-7-11(8-5-2,9-6-3)10(12)13/h4,7H,5-6,8-9H2,1-3H3,(H,12,13). The van der Waals surface area contributed by atoms with Crippen LogP contribution in [0.3, 0.4) is 0 Å². The van der Waals surface area contributed by atoms with Gasteiger partial charge in [-0.1, -0.05) is 38.8 Å². The van der Waals surface area contributed by atoms with Crippen LogP contribution in [-0.4, -0.2) is 11.1 Å². The zero-order valence-electron chi connectivity index (χ0n) is 8.84. The maximum atomic E-state index is 11.1. The van der Waals surface area contributed by atoms with Gasteiger partial charge in [-0.2, -0.15) is 0 Å². The van der Waals surface area contributed by atoms with E-state index >= 15 is 0 Å². The maximum absolute atomic E-state index is 11.1. The third-order valence-corrected chi connectivity index (χ3v) is 2.30. The Morgan fingerprint density at radius 1 is 1.31 bits per heavy atom. The summed E-state index contributed by atoms with van der Waals surface area (Å²) in [5.74, 6) is -0.686. The van der Waals surface area contributed by atoms with Gasteiger partial charge in [0, 0.05) is 0 Å². The molecule has 0 saturated carbocycles. The average Bonchev–Trinajstić information content (AvgIpc) is 2.05. The molecule has 0 radical (unpaired) electrons. The van der Waals surface area contributed by atoms with Gasteiger partial charge in [0.1, 0.15) is 0 Å². The molecule has 76 valence electrons. The van der Waals surface area contributed by atoms with Crippen LogP contribution >= 0.6 is 0 Å². The Hall–Kier alpha value is -0.790. The fourth-order valence-electron chi connectivity index (χ4n) is 1.79. The number of carbonyl (C=O) groups is 1. The van der Waals surface area contributed by atoms with E-state index in [1.54, 1.807) is 0 Å². The predicted molar refractivity (Wildman–Crippen MR) is 54.7 cm³/mol. The zero-order valence-corrected chi connectivity index (χ0v) is 8.84. The molecule has 0 unspecified atom stereocenters. The number of hydrogen-bond donors (Lipinski definition) is 1. The highest BCUT2D eigenvalue weighted by Gasteiger charge is 2.33. The Morgan fingerprint density at radius 3 is 2.00 bits per heavy atom. The molecule has 0 spiro atoms. The molecule has 0 aromatic heterocycles. The third-order valence-electron chi connectivity index (χ3n) is 2.30. The molecule has 0 bridgehead atoms. The molecule has 0 saturated heterocycles. The van der Waals surface area contributed by atoms with Crippen LogP contribution in [0.4, 0.5) is 0 Å². The molecule has 2 heteroatoms. The van der Waals surface area contributed by atoms with Gasteiger partial charge in [0.15, 0.2) is 0 Å². The molecule has 13 heavy (non-hydrogen) atoms. The molecule has 0 aliphatic carbocycles. The van der Waals surface area contributed by atoms with Gasteiger partial charge in [-0.25, -0.2) is 0 Å². The molecular weight excluding hydrogens is 164 g/mol. The van der Waals surface area contributed by atoms with E-state index in [1.165, 1.54) is 0 Å². The molecule has 0 aliphatic rings. The highest BCUT2D eigenvalue weighted by molar-refractivity contribution is 5.77. The minimum absolute atomic E-state index is 0.613. The van der Waals surface area contributed by atoms with E-state index in [4.69, 9.17) is 5.11 Å². The Balaban J connectivity index is 4.69. The molecule has 2 nitrogen and oxygen atoms in total. The smallest absolute Gasteiger partial charge is 0.313 e. The van der Waals surface area contributed by atoms with Crippen LogP contribution in [-0.2, 0) is 4.79 Å². The molecule has 0 aliphatic heterocycles. The van der Waals surface area contributed by atoms with E-state index in [9.17, 15) is 4.79 Å². The topological polar surface area (TPSA) is 37.3 Å². The van der Waals surface area contributed by atoms with E-state index in [2.05, 4.69) is 0 Å². The lowest BCUT2D eigenvalue weighted by atomic mass is 9.79. The van der Waals surface area contributed by atoms with Crippen molar-refractivity contribution in [3.63, 3.8) is 0 Å². The first kappa shape index (κ1) is 12.2. The second-order valence-corrected chi connectivity index (χ2v) is 3.46. The second kappa shape index (κ2) is 5.79. The lowest BCUT2D eigenvalue weighted by molar-refractivity contribution is -0.146. The SMILES string of the molecule is CC=CC(CCC)(CCC)C(=O)O. The summed E-state index contributed by atoms with van der Waals surface area (Å²) in [6.07, 6.45) is 6.98. The molecule has 0 fully saturated rings. The molecule has 1 N–H and O–H groups in total. The number of carboxylic acids is 1. The van der Waals surface area contributed by atoms with Crippen LogP contribution < -0.4 is 0 Å². The van der Waals surface area contributed by atoms with Crippen LogP contribution in [0.1, 0.15) is 46.5 Å². The first-order valence-corrected chi connectivity index (χ1v) is 5.00. The van der Waals surface area contributed by atoms with Crippen molar-refractivity contribution >= 4 is 5.97 Å². The van der Waals surface area contributed by atoms with Crippen molar-refractivity contribution in [2.75, 3.05) is 0 Å². The summed E-state index contributed by atoms with van der Waals surface area (Å²) < 4.78 is 0. The fraction of sp³-hybridized carbons (Fsp3) is 0.727. The summed E-state index contributed by atoms with van der Waals surface area (Å²) >= 11 is 0. The number of hydrogen-bond acceptors (Lipinski definition) is 1. The van der Waals surface area contributed by atoms with Gasteiger partial charge < -0.3 is 5.11 Å². The van der Waals surface area contributed by atoms with E-state index in [1.807, 2.05) is 32.9 Å². The number of aliphatic carboxylic acids is 1. The van der Waals surface area contributed by atoms with Crippen molar-refractivity contribution in [2.24, 2.45) is 5.41 Å². The molecule has 0 rings (SSSR count). The highest BCUT2D eigenvalue weighted by atomic mass is 16.4. The summed E-state index contributed by atoms with van der Waals surface area (Å²) in [4.78, 5) is 11.1. The van der Waals surface area contributed by atoms with Gasteiger partial charge in [0.05, 0.1) is 5.41 Å². The van der Waals surface area contributed by atoms with Crippen LogP contribution in [0.15, 0.2) is 12.2 Å². The van der Waals surface area contributed by atoms with E-state index < -0.39 is 11.4 Å². The van der Waals surface area contributed by atoms with Gasteiger partial charge >= 0.3 is 5.97 Å². The third kappa shape index (κ3) is 3.21. The van der Waals surface area contributed by atoms with Gasteiger partial charge in [-0.15, -0.1) is 0 Å². The number of rotatable bonds is 6. The van der Waals surface area contributed by atoms with Gasteiger partial charge in [0.2, 0.25) is 0 Å². The zero-order chi connectivity index (χ0) is 10.3. The highest BCUT2D eigenvalue weighted by Crippen LogP contribution is 2.31. The summed E-state index contributed by atoms with van der Waals surface area (Å²) in [5, 5.41) is 9.17. The van der Waals surface area contributed by atoms with Crippen molar-refractivity contribution in [2.45, 2.75) is 46.5 Å². The van der Waals surface area contributed by atoms with Crippen LogP contribution in [0.2, 0.25) is 0 Å². The lowest BCUT2D eigenvalue weighted by Crippen LogP contribution is -2.28. The largest absolute Gasteiger partial charge is 0.481 e. The van der Waals surface area contributed by atoms with Gasteiger partial charge in [-0.05, 0) is 19.8 Å². The Labute approximate surface area is 80.7 Å². The maximum Gasteiger partial charge on any atom is 0.313 e. The second-order valence-electron chi connectivity index (χ2n) is 3.46. The molecular formula is C11H20O2. The minimum Gasteiger partial charge on any atom is -0.481 e. The van der Waals surface area contributed by atoms with Crippen molar-refractivity contribution in [3.05, 3.63) is 12.2 Å². The van der Waals surface area contributed by atoms with Crippen molar-refractivity contribution in [1.29, 1.82) is 0 Å². The number of allylic oxidation sites excluding steroid dienone is 1. The van der Waals surface area contributed by atoms with Gasteiger partial charge in [0.25, 0.3) is 0 Å². The summed E-state index contributed by atoms with van der Waals surface area (Å²) in [6, 6.07) is 0. The van der Waals surface area contributed by atoms with Crippen LogP contribution in [0, 0.1) is 5.41 Å². The summed E-state index contributed by atoms with van der Waals surface area (Å²) in [5.41, 5.74) is -0.613. The first-order valence-electron chi connectivity index (χ1n) is 5.00. The Bertz CT molecular complexity index is 177. The van der Waals surface area contributed by atoms with E-state index in [-0.39, 0.29) is 0 Å². The van der Waals surface area contributed by atoms with Crippen LogP contribution in [0.5, 0.6) is 0 Å². The first-order chi connectivity index (χ1) is 6.13. The van der Waals surface area contributed by atoms with E-state index in [0.717, 1.165) is 25.7 Å². The molecule has 0 amide bonds. The van der Waals surface area contributed by atoms with Crippen molar-refractivity contribution in [3.8, 4) is 0 Å². The van der Waals surface area contributed by atoms with Gasteiger partial charge in [-0.3, -0.25) is 4.79 Å². The lowest BCUT2D eigenvalue weighted by Gasteiger charge is -2.24. The summed E-state index contributed by atoms with van der Waals surface area (Å²) in [7, 11) is 0. The molecule has 0 aromatic rings. The fourth-order valence-corrected chi connectivity index (χ4v) is 1.79. The number of carboxylic acid groups (broad SMARTS) is 1. The Kier molecular flexibility index (Phi) is 5.44. The minimum atomic E-state index is -0.686. The molecule has 0 atom stereocenters. The molecule has 0 aromatic carbocycles. The van der Waals surface area contributed by atoms with Crippen LogP contribution in [0.25, 0.3) is 0 Å². The normalized spacial score (nSPS) is 12.2. The summed E-state index contributed by atoms with van der Waals surface area (Å²) in [6.45, 7) is 5.93. The quantitative estimate of drug-likeness (QED) is 0.643. The molecule has 0 heterocycles.